The van der Waals surface area contributed by atoms with Gasteiger partial charge in [0.1, 0.15) is 0 Å². The van der Waals surface area contributed by atoms with Crippen LogP contribution in [0.3, 0.4) is 0 Å². The second-order valence-electron chi connectivity index (χ2n) is 4.57. The molecule has 0 atom stereocenters. The van der Waals surface area contributed by atoms with Crippen LogP contribution in [0.4, 0.5) is 0 Å². The van der Waals surface area contributed by atoms with Gasteiger partial charge in [0.2, 0.25) is 0 Å². The Bertz CT molecular complexity index is 195. The molecule has 0 unspecified atom stereocenters. The Morgan fingerprint density at radius 2 is 1.86 bits per heavy atom. The largest absolute Gasteiger partial charge is 0.469 e. The summed E-state index contributed by atoms with van der Waals surface area (Å²) in [6.45, 7) is 0.819. The van der Waals surface area contributed by atoms with Gasteiger partial charge in [0.15, 0.2) is 0 Å². The number of methoxy groups -OCH3 is 1. The van der Waals surface area contributed by atoms with Gasteiger partial charge in [-0.3, -0.25) is 4.79 Å². The summed E-state index contributed by atoms with van der Waals surface area (Å²) in [6.07, 6.45) is 5.54. The molecule has 1 aliphatic carbocycles. The predicted octanol–water partition coefficient (Wildman–Crippen LogP) is 1.67. The third kappa shape index (κ3) is 2.47. The highest BCUT2D eigenvalue weighted by Gasteiger charge is 2.40. The lowest BCUT2D eigenvalue weighted by atomic mass is 9.73. The number of hydrogen-bond acceptors (Lipinski definition) is 3. The van der Waals surface area contributed by atoms with Crippen LogP contribution in [0.2, 0.25) is 0 Å². The van der Waals surface area contributed by atoms with Crippen LogP contribution in [0.5, 0.6) is 0 Å². The summed E-state index contributed by atoms with van der Waals surface area (Å²) >= 11 is 0. The fourth-order valence-corrected chi connectivity index (χ4v) is 2.48. The average molecular weight is 199 g/mol. The van der Waals surface area contributed by atoms with Gasteiger partial charge in [-0.1, -0.05) is 19.3 Å². The van der Waals surface area contributed by atoms with Crippen molar-refractivity contribution in [2.45, 2.75) is 32.1 Å². The smallest absolute Gasteiger partial charge is 0.313 e. The van der Waals surface area contributed by atoms with Gasteiger partial charge in [-0.05, 0) is 26.9 Å². The van der Waals surface area contributed by atoms with Crippen molar-refractivity contribution in [1.29, 1.82) is 0 Å². The molecule has 3 heteroatoms. The van der Waals surface area contributed by atoms with E-state index in [0.29, 0.717) is 0 Å². The van der Waals surface area contributed by atoms with E-state index in [0.717, 1.165) is 32.2 Å². The van der Waals surface area contributed by atoms with Crippen molar-refractivity contribution >= 4 is 5.97 Å². The van der Waals surface area contributed by atoms with Gasteiger partial charge in [0.05, 0.1) is 12.5 Å². The maximum absolute atomic E-state index is 11.8. The van der Waals surface area contributed by atoms with E-state index in [1.54, 1.807) is 0 Å². The average Bonchev–Trinajstić information content (AvgIpc) is 2.17. The molecule has 0 bridgehead atoms. The van der Waals surface area contributed by atoms with Crippen molar-refractivity contribution in [3.8, 4) is 0 Å². The number of rotatable bonds is 3. The molecule has 0 spiro atoms. The SMILES string of the molecule is COC(=O)C1(CN(C)C)CCCCC1. The molecule has 0 aromatic carbocycles. The number of esters is 1. The van der Waals surface area contributed by atoms with E-state index in [1.807, 2.05) is 14.1 Å². The molecule has 1 aliphatic rings. The third-order valence-corrected chi connectivity index (χ3v) is 3.05. The first-order chi connectivity index (χ1) is 6.60. The molecular formula is C11H21NO2. The fraction of sp³-hybridized carbons (Fsp3) is 0.909. The molecule has 1 fully saturated rings. The summed E-state index contributed by atoms with van der Waals surface area (Å²) < 4.78 is 4.93. The van der Waals surface area contributed by atoms with E-state index < -0.39 is 0 Å². The lowest BCUT2D eigenvalue weighted by Crippen LogP contribution is -2.42. The van der Waals surface area contributed by atoms with E-state index in [2.05, 4.69) is 4.90 Å². The monoisotopic (exact) mass is 199 g/mol. The highest BCUT2D eigenvalue weighted by Crippen LogP contribution is 2.37. The summed E-state index contributed by atoms with van der Waals surface area (Å²) in [5.41, 5.74) is -0.226. The normalized spacial score (nSPS) is 20.9. The predicted molar refractivity (Wildman–Crippen MR) is 56.1 cm³/mol. The van der Waals surface area contributed by atoms with Gasteiger partial charge in [-0.15, -0.1) is 0 Å². The maximum atomic E-state index is 11.8. The van der Waals surface area contributed by atoms with Gasteiger partial charge in [-0.2, -0.15) is 0 Å². The minimum atomic E-state index is -0.226. The zero-order valence-corrected chi connectivity index (χ0v) is 9.51. The van der Waals surface area contributed by atoms with E-state index in [9.17, 15) is 4.79 Å². The van der Waals surface area contributed by atoms with E-state index in [-0.39, 0.29) is 11.4 Å². The topological polar surface area (TPSA) is 29.5 Å². The molecule has 1 rings (SSSR count). The molecule has 0 heterocycles. The van der Waals surface area contributed by atoms with Crippen molar-refractivity contribution in [3.63, 3.8) is 0 Å². The van der Waals surface area contributed by atoms with Crippen LogP contribution in [-0.4, -0.2) is 38.6 Å². The van der Waals surface area contributed by atoms with Gasteiger partial charge in [0, 0.05) is 6.54 Å². The highest BCUT2D eigenvalue weighted by atomic mass is 16.5. The number of hydrogen-bond donors (Lipinski definition) is 0. The summed E-state index contributed by atoms with van der Waals surface area (Å²) in [6, 6.07) is 0. The Morgan fingerprint density at radius 3 is 2.29 bits per heavy atom. The molecule has 82 valence electrons. The minimum absolute atomic E-state index is 0.0223. The van der Waals surface area contributed by atoms with E-state index in [1.165, 1.54) is 13.5 Å². The maximum Gasteiger partial charge on any atom is 0.313 e. The van der Waals surface area contributed by atoms with E-state index in [4.69, 9.17) is 4.74 Å². The number of nitrogens with zero attached hydrogens (tertiary/aromatic N) is 1. The molecule has 0 radical (unpaired) electrons. The zero-order valence-electron chi connectivity index (χ0n) is 9.51. The summed E-state index contributed by atoms with van der Waals surface area (Å²) in [5.74, 6) is -0.0223. The molecule has 0 aromatic heterocycles. The summed E-state index contributed by atoms with van der Waals surface area (Å²) in [5, 5.41) is 0. The van der Waals surface area contributed by atoms with Crippen LogP contribution in [0.25, 0.3) is 0 Å². The molecule has 14 heavy (non-hydrogen) atoms. The zero-order chi connectivity index (χ0) is 10.6. The molecular weight excluding hydrogens is 178 g/mol. The Kier molecular flexibility index (Phi) is 3.93. The van der Waals surface area contributed by atoms with Gasteiger partial charge in [-0.25, -0.2) is 0 Å². The second kappa shape index (κ2) is 4.78. The fourth-order valence-electron chi connectivity index (χ4n) is 2.48. The van der Waals surface area contributed by atoms with Crippen molar-refractivity contribution in [2.75, 3.05) is 27.7 Å². The van der Waals surface area contributed by atoms with E-state index >= 15 is 0 Å². The number of carbonyl (C=O) groups is 1. The third-order valence-electron chi connectivity index (χ3n) is 3.05. The number of ether oxygens (including phenoxy) is 1. The van der Waals surface area contributed by atoms with Crippen molar-refractivity contribution in [3.05, 3.63) is 0 Å². The Hall–Kier alpha value is -0.570. The Balaban J connectivity index is 2.71. The molecule has 0 aromatic rings. The standard InChI is InChI=1S/C11H21NO2/c1-12(2)9-11(10(13)14-3)7-5-4-6-8-11/h4-9H2,1-3H3. The molecule has 0 aliphatic heterocycles. The van der Waals surface area contributed by atoms with Crippen molar-refractivity contribution < 1.29 is 9.53 Å². The molecule has 3 nitrogen and oxygen atoms in total. The first-order valence-electron chi connectivity index (χ1n) is 5.34. The quantitative estimate of drug-likeness (QED) is 0.648. The lowest BCUT2D eigenvalue weighted by Gasteiger charge is -2.36. The highest BCUT2D eigenvalue weighted by molar-refractivity contribution is 5.77. The summed E-state index contributed by atoms with van der Waals surface area (Å²) in [4.78, 5) is 13.9. The van der Waals surface area contributed by atoms with Crippen LogP contribution >= 0.6 is 0 Å². The van der Waals surface area contributed by atoms with Crippen LogP contribution in [-0.2, 0) is 9.53 Å². The van der Waals surface area contributed by atoms with Gasteiger partial charge in [0.25, 0.3) is 0 Å². The molecule has 0 N–H and O–H groups in total. The van der Waals surface area contributed by atoms with Crippen LogP contribution in [0.1, 0.15) is 32.1 Å². The van der Waals surface area contributed by atoms with Gasteiger partial charge < -0.3 is 9.64 Å². The lowest BCUT2D eigenvalue weighted by molar-refractivity contribution is -0.156. The van der Waals surface area contributed by atoms with Crippen molar-refractivity contribution in [2.24, 2.45) is 5.41 Å². The van der Waals surface area contributed by atoms with Crippen molar-refractivity contribution in [1.82, 2.24) is 4.90 Å². The first kappa shape index (κ1) is 11.5. The minimum Gasteiger partial charge on any atom is -0.469 e. The molecule has 1 saturated carbocycles. The summed E-state index contributed by atoms with van der Waals surface area (Å²) in [7, 11) is 5.52. The number of carbonyl (C=O) groups excluding carboxylic acids is 1. The first-order valence-corrected chi connectivity index (χ1v) is 5.34. The molecule has 0 saturated heterocycles. The van der Waals surface area contributed by atoms with Crippen LogP contribution in [0.15, 0.2) is 0 Å². The van der Waals surface area contributed by atoms with Crippen LogP contribution < -0.4 is 0 Å². The van der Waals surface area contributed by atoms with Gasteiger partial charge >= 0.3 is 5.97 Å². The Morgan fingerprint density at radius 1 is 1.29 bits per heavy atom. The Labute approximate surface area is 86.4 Å². The molecule has 0 amide bonds. The second-order valence-corrected chi connectivity index (χ2v) is 4.57. The van der Waals surface area contributed by atoms with Crippen LogP contribution in [0, 0.1) is 5.41 Å².